The van der Waals surface area contributed by atoms with Gasteiger partial charge in [-0.15, -0.1) is 0 Å². The van der Waals surface area contributed by atoms with E-state index in [0.29, 0.717) is 22.4 Å². The van der Waals surface area contributed by atoms with E-state index < -0.39 is 26.8 Å². The molecule has 0 bridgehead atoms. The lowest BCUT2D eigenvalue weighted by atomic mass is 9.71. The van der Waals surface area contributed by atoms with Gasteiger partial charge in [0, 0.05) is 27.6 Å². The van der Waals surface area contributed by atoms with E-state index in [9.17, 15) is 26.4 Å². The highest BCUT2D eigenvalue weighted by Gasteiger charge is 2.49. The number of rotatable bonds is 2. The largest absolute Gasteiger partial charge is 0.534 e. The second-order valence-corrected chi connectivity index (χ2v) is 8.60. The van der Waals surface area contributed by atoms with Gasteiger partial charge in [-0.1, -0.05) is 32.0 Å². The first-order valence-corrected chi connectivity index (χ1v) is 9.65. The molecule has 5 nitrogen and oxygen atoms in total. The number of aromatic nitrogens is 1. The van der Waals surface area contributed by atoms with Crippen molar-refractivity contribution < 1.29 is 30.6 Å². The molecule has 2 aromatic carbocycles. The molecule has 28 heavy (non-hydrogen) atoms. The molecule has 1 aromatic heterocycles. The minimum atomic E-state index is -5.80. The number of fused-ring (bicyclic) bond motifs is 4. The molecule has 146 valence electrons. The molecule has 0 unspecified atom stereocenters. The number of nitrogens with one attached hydrogen (secondary N) is 1. The van der Waals surface area contributed by atoms with Gasteiger partial charge in [-0.05, 0) is 29.8 Å². The zero-order chi connectivity index (χ0) is 20.5. The number of H-pyrrole nitrogens is 1. The highest BCUT2D eigenvalue weighted by Crippen LogP contribution is 2.44. The third-order valence-corrected chi connectivity index (χ3v) is 5.94. The Labute approximate surface area is 158 Å². The number of benzene rings is 2. The lowest BCUT2D eigenvalue weighted by Gasteiger charge is -2.32. The van der Waals surface area contributed by atoms with Gasteiger partial charge in [0.15, 0.2) is 5.78 Å². The molecule has 0 aliphatic heterocycles. The molecule has 0 radical (unpaired) electrons. The summed E-state index contributed by atoms with van der Waals surface area (Å²) in [7, 11) is -5.80. The first-order chi connectivity index (χ1) is 12.9. The van der Waals surface area contributed by atoms with Crippen LogP contribution in [0, 0.1) is 0 Å². The Balaban J connectivity index is 1.88. The fraction of sp³-hybridized carbons (Fsp3) is 0.211. The monoisotopic (exact) mass is 409 g/mol. The van der Waals surface area contributed by atoms with Gasteiger partial charge < -0.3 is 9.17 Å². The van der Waals surface area contributed by atoms with Crippen LogP contribution in [0.2, 0.25) is 0 Å². The maximum absolute atomic E-state index is 13.1. The summed E-state index contributed by atoms with van der Waals surface area (Å²) in [4.78, 5) is 16.3. The standard InChI is InChI=1S/C19H14F3NO4S/c1-18(2)13-9-10(27-28(25,26)19(20,21)22)7-8-11(13)16(24)15-12-5-3-4-6-14(12)23-17(15)18/h3-9,23H,1-2H3. The smallest absolute Gasteiger partial charge is 0.376 e. The highest BCUT2D eigenvalue weighted by atomic mass is 32.2. The molecule has 0 saturated carbocycles. The van der Waals surface area contributed by atoms with Crippen LogP contribution in [-0.4, -0.2) is 24.7 Å². The van der Waals surface area contributed by atoms with Crippen LogP contribution >= 0.6 is 0 Å². The summed E-state index contributed by atoms with van der Waals surface area (Å²) in [6.07, 6.45) is 0. The number of carbonyl (C=O) groups excluding carboxylic acids is 1. The summed E-state index contributed by atoms with van der Waals surface area (Å²) in [5.41, 5.74) is -3.78. The Morgan fingerprint density at radius 2 is 1.75 bits per heavy atom. The topological polar surface area (TPSA) is 76.2 Å². The molecule has 9 heteroatoms. The van der Waals surface area contributed by atoms with E-state index in [1.165, 1.54) is 12.1 Å². The fourth-order valence-electron chi connectivity index (χ4n) is 3.58. The van der Waals surface area contributed by atoms with Gasteiger partial charge in [-0.25, -0.2) is 0 Å². The zero-order valence-electron chi connectivity index (χ0n) is 14.7. The quantitative estimate of drug-likeness (QED) is 0.507. The zero-order valence-corrected chi connectivity index (χ0v) is 15.5. The Morgan fingerprint density at radius 3 is 2.43 bits per heavy atom. The summed E-state index contributed by atoms with van der Waals surface area (Å²) in [5.74, 6) is -0.788. The van der Waals surface area contributed by atoms with Gasteiger partial charge in [-0.3, -0.25) is 4.79 Å². The van der Waals surface area contributed by atoms with Crippen molar-refractivity contribution in [3.05, 3.63) is 64.8 Å². The number of halogens is 3. The van der Waals surface area contributed by atoms with Crippen molar-refractivity contribution in [1.29, 1.82) is 0 Å². The number of hydrogen-bond acceptors (Lipinski definition) is 4. The Bertz CT molecular complexity index is 1240. The van der Waals surface area contributed by atoms with Crippen LogP contribution in [0.1, 0.15) is 41.0 Å². The van der Waals surface area contributed by atoms with Crippen LogP contribution in [0.15, 0.2) is 42.5 Å². The van der Waals surface area contributed by atoms with E-state index in [0.717, 1.165) is 17.0 Å². The molecule has 1 heterocycles. The fourth-order valence-corrected chi connectivity index (χ4v) is 4.03. The van der Waals surface area contributed by atoms with Gasteiger partial charge in [0.1, 0.15) is 5.75 Å². The SMILES string of the molecule is CC1(C)c2cc(OS(=O)(=O)C(F)(F)F)ccc2C(=O)c2c1[nH]c1ccccc21. The van der Waals surface area contributed by atoms with Crippen molar-refractivity contribution in [1.82, 2.24) is 4.98 Å². The average Bonchev–Trinajstić information content (AvgIpc) is 2.99. The highest BCUT2D eigenvalue weighted by molar-refractivity contribution is 7.88. The number of alkyl halides is 3. The molecule has 0 spiro atoms. The van der Waals surface area contributed by atoms with Crippen molar-refractivity contribution in [2.45, 2.75) is 24.8 Å². The molecule has 0 atom stereocenters. The molecule has 3 aromatic rings. The summed E-state index contributed by atoms with van der Waals surface area (Å²) in [5, 5.41) is 0.751. The maximum atomic E-state index is 13.1. The van der Waals surface area contributed by atoms with Crippen molar-refractivity contribution in [2.75, 3.05) is 0 Å². The second kappa shape index (κ2) is 5.60. The summed E-state index contributed by atoms with van der Waals surface area (Å²) >= 11 is 0. The molecule has 1 aliphatic rings. The third-order valence-electron chi connectivity index (χ3n) is 4.96. The third kappa shape index (κ3) is 2.53. The predicted octanol–water partition coefficient (Wildman–Crippen LogP) is 4.27. The molecule has 0 amide bonds. The van der Waals surface area contributed by atoms with E-state index in [2.05, 4.69) is 9.17 Å². The predicted molar refractivity (Wildman–Crippen MR) is 95.9 cm³/mol. The van der Waals surface area contributed by atoms with E-state index in [1.807, 2.05) is 24.3 Å². The summed E-state index contributed by atoms with van der Waals surface area (Å²) < 4.78 is 64.7. The molecule has 1 aliphatic carbocycles. The Hall–Kier alpha value is -2.81. The van der Waals surface area contributed by atoms with E-state index in [4.69, 9.17) is 0 Å². The van der Waals surface area contributed by atoms with Gasteiger partial charge in [0.25, 0.3) is 0 Å². The van der Waals surface area contributed by atoms with Crippen molar-refractivity contribution in [2.24, 2.45) is 0 Å². The molecule has 4 rings (SSSR count). The average molecular weight is 409 g/mol. The minimum Gasteiger partial charge on any atom is -0.376 e. The van der Waals surface area contributed by atoms with E-state index in [1.54, 1.807) is 13.8 Å². The molecular formula is C19H14F3NO4S. The molecule has 1 N–H and O–H groups in total. The van der Waals surface area contributed by atoms with E-state index >= 15 is 0 Å². The number of carbonyl (C=O) groups is 1. The lowest BCUT2D eigenvalue weighted by Crippen LogP contribution is -2.31. The van der Waals surface area contributed by atoms with Crippen molar-refractivity contribution >= 4 is 26.8 Å². The van der Waals surface area contributed by atoms with Crippen molar-refractivity contribution in [3.8, 4) is 5.75 Å². The summed E-state index contributed by atoms with van der Waals surface area (Å²) in [6.45, 7) is 3.60. The minimum absolute atomic E-state index is 0.285. The first-order valence-electron chi connectivity index (χ1n) is 8.24. The maximum Gasteiger partial charge on any atom is 0.534 e. The number of aromatic amines is 1. The van der Waals surface area contributed by atoms with Crippen LogP contribution in [0.3, 0.4) is 0 Å². The molecular weight excluding hydrogens is 395 g/mol. The Morgan fingerprint density at radius 1 is 1.07 bits per heavy atom. The van der Waals surface area contributed by atoms with Crippen LogP contribution in [0.5, 0.6) is 5.75 Å². The first kappa shape index (κ1) is 18.5. The number of para-hydroxylation sites is 1. The summed E-state index contributed by atoms with van der Waals surface area (Å²) in [6, 6.07) is 10.8. The number of hydrogen-bond donors (Lipinski definition) is 1. The molecule has 0 saturated heterocycles. The van der Waals surface area contributed by atoms with Crippen LogP contribution < -0.4 is 4.18 Å². The van der Waals surface area contributed by atoms with Gasteiger partial charge >= 0.3 is 15.6 Å². The Kier molecular flexibility index (Phi) is 3.71. The van der Waals surface area contributed by atoms with Crippen LogP contribution in [-0.2, 0) is 15.5 Å². The van der Waals surface area contributed by atoms with Crippen LogP contribution in [0.4, 0.5) is 13.2 Å². The van der Waals surface area contributed by atoms with Gasteiger partial charge in [0.2, 0.25) is 0 Å². The second-order valence-electron chi connectivity index (χ2n) is 7.07. The number of ketones is 1. The van der Waals surface area contributed by atoms with Gasteiger partial charge in [0.05, 0.1) is 5.56 Å². The van der Waals surface area contributed by atoms with Crippen LogP contribution in [0.25, 0.3) is 10.9 Å². The van der Waals surface area contributed by atoms with Crippen molar-refractivity contribution in [3.63, 3.8) is 0 Å². The lowest BCUT2D eigenvalue weighted by molar-refractivity contribution is -0.0500. The van der Waals surface area contributed by atoms with Gasteiger partial charge in [-0.2, -0.15) is 21.6 Å². The van der Waals surface area contributed by atoms with E-state index in [-0.39, 0.29) is 5.78 Å². The molecule has 0 fully saturated rings. The normalized spacial score (nSPS) is 16.0.